The van der Waals surface area contributed by atoms with Gasteiger partial charge in [0.15, 0.2) is 5.69 Å². The fourth-order valence-electron chi connectivity index (χ4n) is 4.43. The van der Waals surface area contributed by atoms with Gasteiger partial charge in [-0.3, -0.25) is 9.78 Å². The summed E-state index contributed by atoms with van der Waals surface area (Å²) in [6, 6.07) is 16.8. The summed E-state index contributed by atoms with van der Waals surface area (Å²) in [6.45, 7) is 0.387. The fraction of sp³-hybridized carbons (Fsp3) is 0.179. The summed E-state index contributed by atoms with van der Waals surface area (Å²) in [7, 11) is 0. The Bertz CT molecular complexity index is 1430. The molecule has 0 radical (unpaired) electrons. The molecule has 182 valence electrons. The van der Waals surface area contributed by atoms with Crippen LogP contribution in [0, 0.1) is 0 Å². The molecule has 0 spiro atoms. The van der Waals surface area contributed by atoms with Crippen molar-refractivity contribution >= 4 is 52.4 Å². The smallest absolute Gasteiger partial charge is 0.272 e. The zero-order valence-electron chi connectivity index (χ0n) is 19.3. The minimum absolute atomic E-state index is 0.223. The van der Waals surface area contributed by atoms with Gasteiger partial charge in [0.05, 0.1) is 16.4 Å². The number of nitrogens with zero attached hydrogens (tertiary/aromatic N) is 3. The number of benzene rings is 2. The van der Waals surface area contributed by atoms with Crippen LogP contribution in [0.3, 0.4) is 0 Å². The quantitative estimate of drug-likeness (QED) is 0.269. The van der Waals surface area contributed by atoms with Crippen molar-refractivity contribution in [2.45, 2.75) is 32.2 Å². The van der Waals surface area contributed by atoms with Gasteiger partial charge in [0.25, 0.3) is 5.91 Å². The number of aromatic nitrogens is 3. The normalized spacial score (nSPS) is 14.4. The minimum Gasteiger partial charge on any atom is -0.347 e. The second kappa shape index (κ2) is 10.9. The predicted molar refractivity (Wildman–Crippen MR) is 146 cm³/mol. The summed E-state index contributed by atoms with van der Waals surface area (Å²) in [5.74, 6) is -0.223. The molecule has 1 aliphatic carbocycles. The van der Waals surface area contributed by atoms with E-state index in [1.165, 1.54) is 0 Å². The summed E-state index contributed by atoms with van der Waals surface area (Å²) >= 11 is 18.9. The first-order chi connectivity index (χ1) is 17.5. The highest BCUT2D eigenvalue weighted by Crippen LogP contribution is 2.37. The molecule has 1 amide bonds. The average molecular weight is 538 g/mol. The van der Waals surface area contributed by atoms with Gasteiger partial charge in [0.2, 0.25) is 0 Å². The van der Waals surface area contributed by atoms with Crippen molar-refractivity contribution in [3.63, 3.8) is 0 Å². The summed E-state index contributed by atoms with van der Waals surface area (Å²) in [5, 5.41) is 9.52. The first-order valence-corrected chi connectivity index (χ1v) is 12.8. The van der Waals surface area contributed by atoms with E-state index in [1.807, 2.05) is 42.5 Å². The van der Waals surface area contributed by atoms with Gasteiger partial charge in [-0.2, -0.15) is 5.10 Å². The van der Waals surface area contributed by atoms with Crippen molar-refractivity contribution in [2.75, 3.05) is 0 Å². The molecular formula is C28H23Cl3N4O. The van der Waals surface area contributed by atoms with Crippen LogP contribution in [0.15, 0.2) is 67.0 Å². The number of pyridine rings is 1. The van der Waals surface area contributed by atoms with Crippen molar-refractivity contribution in [1.29, 1.82) is 0 Å². The van der Waals surface area contributed by atoms with E-state index >= 15 is 0 Å². The first-order valence-electron chi connectivity index (χ1n) is 11.7. The van der Waals surface area contributed by atoms with Crippen LogP contribution in [-0.4, -0.2) is 20.7 Å². The molecule has 8 heteroatoms. The number of hydrogen-bond acceptors (Lipinski definition) is 3. The van der Waals surface area contributed by atoms with Gasteiger partial charge >= 0.3 is 0 Å². The van der Waals surface area contributed by atoms with E-state index in [4.69, 9.17) is 39.9 Å². The topological polar surface area (TPSA) is 59.8 Å². The highest BCUT2D eigenvalue weighted by molar-refractivity contribution is 6.35. The van der Waals surface area contributed by atoms with Crippen molar-refractivity contribution in [3.8, 4) is 5.69 Å². The minimum atomic E-state index is -0.223. The van der Waals surface area contributed by atoms with Crippen molar-refractivity contribution < 1.29 is 4.79 Å². The summed E-state index contributed by atoms with van der Waals surface area (Å²) in [5.41, 5.74) is 6.00. The molecule has 2 aromatic carbocycles. The van der Waals surface area contributed by atoms with Gasteiger partial charge < -0.3 is 5.32 Å². The van der Waals surface area contributed by atoms with Crippen molar-refractivity contribution in [2.24, 2.45) is 0 Å². The van der Waals surface area contributed by atoms with Crippen molar-refractivity contribution in [1.82, 2.24) is 20.1 Å². The van der Waals surface area contributed by atoms with Crippen LogP contribution in [0.25, 0.3) is 17.3 Å². The van der Waals surface area contributed by atoms with Gasteiger partial charge in [0.1, 0.15) is 0 Å². The van der Waals surface area contributed by atoms with E-state index in [9.17, 15) is 4.79 Å². The molecule has 0 bridgehead atoms. The maximum atomic E-state index is 13.4. The number of halogens is 3. The molecule has 5 nitrogen and oxygen atoms in total. The van der Waals surface area contributed by atoms with Gasteiger partial charge in [-0.25, -0.2) is 4.68 Å². The van der Waals surface area contributed by atoms with Gasteiger partial charge in [0, 0.05) is 34.5 Å². The third kappa shape index (κ3) is 5.34. The second-order valence-corrected chi connectivity index (χ2v) is 9.93. The van der Waals surface area contributed by atoms with Crippen LogP contribution >= 0.6 is 34.8 Å². The number of nitrogens with one attached hydrogen (secondary N) is 1. The number of carbonyl (C=O) groups is 1. The molecule has 1 aliphatic rings. The molecule has 1 N–H and O–H groups in total. The standard InChI is InChI=1S/C28H23Cl3N4O/c29-21-7-5-18(6-8-21)15-20-3-1-2-4-23-26(28(36)33-17-19-11-13-32-14-12-19)34-35(27(20)23)25-10-9-22(30)16-24(25)31/h5-16H,1-4,17H2,(H,33,36)/b20-15+. The molecule has 4 aromatic rings. The average Bonchev–Trinajstić information content (AvgIpc) is 3.13. The Morgan fingerprint density at radius 3 is 2.42 bits per heavy atom. The van der Waals surface area contributed by atoms with E-state index in [-0.39, 0.29) is 5.91 Å². The largest absolute Gasteiger partial charge is 0.347 e. The molecule has 5 rings (SSSR count). The molecule has 0 saturated heterocycles. The van der Waals surface area contributed by atoms with Crippen molar-refractivity contribution in [3.05, 3.63) is 110 Å². The molecule has 2 aromatic heterocycles. The highest BCUT2D eigenvalue weighted by atomic mass is 35.5. The second-order valence-electron chi connectivity index (χ2n) is 8.65. The molecule has 0 saturated carbocycles. The van der Waals surface area contributed by atoms with Gasteiger partial charge in [-0.05, 0) is 90.9 Å². The van der Waals surface area contributed by atoms with Crippen LogP contribution in [-0.2, 0) is 13.0 Å². The molecule has 0 atom stereocenters. The van der Waals surface area contributed by atoms with E-state index in [0.717, 1.165) is 53.6 Å². The molecule has 0 unspecified atom stereocenters. The first kappa shape index (κ1) is 24.6. The monoisotopic (exact) mass is 536 g/mol. The van der Waals surface area contributed by atoms with Crippen LogP contribution in [0.5, 0.6) is 0 Å². The third-order valence-electron chi connectivity index (χ3n) is 6.18. The number of amides is 1. The van der Waals surface area contributed by atoms with E-state index < -0.39 is 0 Å². The number of hydrogen-bond donors (Lipinski definition) is 1. The molecule has 0 fully saturated rings. The van der Waals surface area contributed by atoms with Gasteiger partial charge in [-0.15, -0.1) is 0 Å². The van der Waals surface area contributed by atoms with Crippen LogP contribution < -0.4 is 5.32 Å². The third-order valence-corrected chi connectivity index (χ3v) is 6.97. The molecular weight excluding hydrogens is 515 g/mol. The van der Waals surface area contributed by atoms with E-state index in [0.29, 0.717) is 33.0 Å². The van der Waals surface area contributed by atoms with Crippen LogP contribution in [0.2, 0.25) is 15.1 Å². The zero-order chi connectivity index (χ0) is 25.1. The summed E-state index contributed by atoms with van der Waals surface area (Å²) in [6.07, 6.45) is 9.11. The Balaban J connectivity index is 1.62. The number of carbonyl (C=O) groups excluding carboxylic acids is 1. The lowest BCUT2D eigenvalue weighted by Gasteiger charge is -2.13. The Morgan fingerprint density at radius 1 is 0.944 bits per heavy atom. The molecule has 0 aliphatic heterocycles. The van der Waals surface area contributed by atoms with E-state index in [1.54, 1.807) is 29.2 Å². The number of allylic oxidation sites excluding steroid dienone is 1. The van der Waals surface area contributed by atoms with Crippen LogP contribution in [0.1, 0.15) is 52.1 Å². The molecule has 36 heavy (non-hydrogen) atoms. The Hall–Kier alpha value is -3.12. The summed E-state index contributed by atoms with van der Waals surface area (Å²) in [4.78, 5) is 17.4. The summed E-state index contributed by atoms with van der Waals surface area (Å²) < 4.78 is 1.79. The van der Waals surface area contributed by atoms with E-state index in [2.05, 4.69) is 16.4 Å². The fourth-order valence-corrected chi connectivity index (χ4v) is 5.04. The Labute approximate surface area is 224 Å². The molecule has 2 heterocycles. The lowest BCUT2D eigenvalue weighted by Crippen LogP contribution is -2.24. The number of rotatable bonds is 5. The van der Waals surface area contributed by atoms with Gasteiger partial charge in [-0.1, -0.05) is 46.9 Å². The lowest BCUT2D eigenvalue weighted by atomic mass is 10.0. The Kier molecular flexibility index (Phi) is 7.42. The van der Waals surface area contributed by atoms with Crippen LogP contribution in [0.4, 0.5) is 0 Å². The lowest BCUT2D eigenvalue weighted by molar-refractivity contribution is 0.0944. The Morgan fingerprint density at radius 2 is 1.67 bits per heavy atom. The SMILES string of the molecule is O=C(NCc1ccncc1)c1nn(-c2ccc(Cl)cc2Cl)c2c1CCCC/C2=C\c1ccc(Cl)cc1. The maximum Gasteiger partial charge on any atom is 0.272 e. The zero-order valence-corrected chi connectivity index (χ0v) is 21.6. The number of fused-ring (bicyclic) bond motifs is 1. The maximum absolute atomic E-state index is 13.4. The predicted octanol–water partition coefficient (Wildman–Crippen LogP) is 7.42. The highest BCUT2D eigenvalue weighted by Gasteiger charge is 2.28.